The largest absolute Gasteiger partial charge is 0.391 e. The van der Waals surface area contributed by atoms with Gasteiger partial charge in [-0.3, -0.25) is 4.68 Å². The van der Waals surface area contributed by atoms with Crippen molar-refractivity contribution in [1.82, 2.24) is 9.78 Å². The Bertz CT molecular complexity index is 377. The van der Waals surface area contributed by atoms with Gasteiger partial charge in [-0.15, -0.1) is 0 Å². The predicted octanol–water partition coefficient (Wildman–Crippen LogP) is 3.66. The molecule has 0 aromatic carbocycles. The number of aromatic nitrogens is 2. The number of hydrogen-bond donors (Lipinski definition) is 0. The molecule has 1 heterocycles. The fourth-order valence-corrected chi connectivity index (χ4v) is 1.56. The van der Waals surface area contributed by atoms with Crippen molar-refractivity contribution in [2.75, 3.05) is 6.61 Å². The van der Waals surface area contributed by atoms with Crippen molar-refractivity contribution in [1.29, 1.82) is 0 Å². The average Bonchev–Trinajstić information content (AvgIpc) is 2.51. The van der Waals surface area contributed by atoms with Crippen molar-refractivity contribution in [3.8, 4) is 0 Å². The predicted molar refractivity (Wildman–Crippen MR) is 62.4 cm³/mol. The lowest BCUT2D eigenvalue weighted by molar-refractivity contribution is -0.146. The zero-order chi connectivity index (χ0) is 13.8. The van der Waals surface area contributed by atoms with Gasteiger partial charge in [-0.2, -0.15) is 18.3 Å². The molecule has 0 aliphatic rings. The molecule has 0 aliphatic carbocycles. The molecule has 0 aliphatic heterocycles. The van der Waals surface area contributed by atoms with Gasteiger partial charge in [0, 0.05) is 12.7 Å². The van der Waals surface area contributed by atoms with E-state index in [4.69, 9.17) is 16.3 Å². The highest BCUT2D eigenvalue weighted by Crippen LogP contribution is 2.20. The third kappa shape index (κ3) is 5.73. The Morgan fingerprint density at radius 2 is 2.11 bits per heavy atom. The van der Waals surface area contributed by atoms with Gasteiger partial charge in [-0.1, -0.05) is 25.4 Å². The quantitative estimate of drug-likeness (QED) is 0.746. The van der Waals surface area contributed by atoms with Crippen LogP contribution in [0.4, 0.5) is 13.2 Å². The van der Waals surface area contributed by atoms with Crippen LogP contribution in [0.25, 0.3) is 0 Å². The molecular formula is C11H16ClF3N2O. The van der Waals surface area contributed by atoms with Gasteiger partial charge in [-0.05, 0) is 5.92 Å². The minimum Gasteiger partial charge on any atom is -0.375 e. The summed E-state index contributed by atoms with van der Waals surface area (Å²) in [6, 6.07) is 0. The van der Waals surface area contributed by atoms with E-state index in [9.17, 15) is 13.2 Å². The monoisotopic (exact) mass is 284 g/mol. The molecule has 0 N–H and O–H groups in total. The Morgan fingerprint density at radius 3 is 2.67 bits per heavy atom. The second-order valence-electron chi connectivity index (χ2n) is 4.46. The van der Waals surface area contributed by atoms with Crippen LogP contribution < -0.4 is 0 Å². The van der Waals surface area contributed by atoms with Crippen LogP contribution >= 0.6 is 11.6 Å². The van der Waals surface area contributed by atoms with Gasteiger partial charge in [0.15, 0.2) is 0 Å². The summed E-state index contributed by atoms with van der Waals surface area (Å²) in [6.07, 6.45) is -3.50. The summed E-state index contributed by atoms with van der Waals surface area (Å²) in [6.45, 7) is 4.41. The molecule has 0 spiro atoms. The highest BCUT2D eigenvalue weighted by molar-refractivity contribution is 6.31. The summed E-state index contributed by atoms with van der Waals surface area (Å²) in [5.74, 6) is 0.417. The molecule has 0 unspecified atom stereocenters. The maximum Gasteiger partial charge on any atom is 0.391 e. The van der Waals surface area contributed by atoms with E-state index in [1.54, 1.807) is 10.9 Å². The van der Waals surface area contributed by atoms with Crippen LogP contribution in [0.15, 0.2) is 6.20 Å². The summed E-state index contributed by atoms with van der Waals surface area (Å²) in [7, 11) is 0. The lowest BCUT2D eigenvalue weighted by Crippen LogP contribution is -2.11. The molecule has 0 bridgehead atoms. The van der Waals surface area contributed by atoms with Crippen LogP contribution in [-0.4, -0.2) is 22.6 Å². The number of nitrogens with zero attached hydrogens (tertiary/aromatic N) is 2. The van der Waals surface area contributed by atoms with Crippen molar-refractivity contribution in [2.45, 2.75) is 39.6 Å². The summed E-state index contributed by atoms with van der Waals surface area (Å²) in [5.41, 5.74) is 0.472. The molecule has 1 aromatic rings. The van der Waals surface area contributed by atoms with Crippen molar-refractivity contribution in [3.05, 3.63) is 16.9 Å². The number of hydrogen-bond acceptors (Lipinski definition) is 2. The second kappa shape index (κ2) is 6.43. The molecule has 0 saturated carbocycles. The maximum absolute atomic E-state index is 11.9. The van der Waals surface area contributed by atoms with Gasteiger partial charge < -0.3 is 4.74 Å². The number of alkyl halides is 3. The SMILES string of the molecule is CC(C)Cn1cc(Cl)c(COCCC(F)(F)F)n1. The zero-order valence-electron chi connectivity index (χ0n) is 10.3. The van der Waals surface area contributed by atoms with E-state index in [2.05, 4.69) is 5.10 Å². The average molecular weight is 285 g/mol. The van der Waals surface area contributed by atoms with Crippen LogP contribution in [0, 0.1) is 5.92 Å². The molecule has 1 rings (SSSR count). The first kappa shape index (κ1) is 15.3. The fraction of sp³-hybridized carbons (Fsp3) is 0.727. The van der Waals surface area contributed by atoms with Gasteiger partial charge in [0.25, 0.3) is 0 Å². The molecule has 0 radical (unpaired) electrons. The second-order valence-corrected chi connectivity index (χ2v) is 4.86. The normalized spacial score (nSPS) is 12.4. The molecular weight excluding hydrogens is 269 g/mol. The van der Waals surface area contributed by atoms with Crippen molar-refractivity contribution >= 4 is 11.6 Å². The Balaban J connectivity index is 2.40. The molecule has 104 valence electrons. The minimum atomic E-state index is -4.19. The highest BCUT2D eigenvalue weighted by Gasteiger charge is 2.26. The first-order valence-corrected chi connectivity index (χ1v) is 6.02. The Morgan fingerprint density at radius 1 is 1.44 bits per heavy atom. The van der Waals surface area contributed by atoms with Crippen LogP contribution in [-0.2, 0) is 17.9 Å². The van der Waals surface area contributed by atoms with Gasteiger partial charge in [0.1, 0.15) is 5.69 Å². The van der Waals surface area contributed by atoms with E-state index in [0.29, 0.717) is 23.2 Å². The molecule has 7 heteroatoms. The molecule has 1 aromatic heterocycles. The Labute approximate surface area is 109 Å². The van der Waals surface area contributed by atoms with Crippen LogP contribution in [0.2, 0.25) is 5.02 Å². The van der Waals surface area contributed by atoms with Crippen LogP contribution in [0.1, 0.15) is 26.0 Å². The fourth-order valence-electron chi connectivity index (χ4n) is 1.36. The van der Waals surface area contributed by atoms with E-state index in [-0.39, 0.29) is 13.2 Å². The standard InChI is InChI=1S/C11H16ClF3N2O/c1-8(2)5-17-6-9(12)10(16-17)7-18-4-3-11(13,14)15/h6,8H,3-5,7H2,1-2H3. The van der Waals surface area contributed by atoms with Gasteiger partial charge in [0.2, 0.25) is 0 Å². The van der Waals surface area contributed by atoms with Crippen molar-refractivity contribution in [3.63, 3.8) is 0 Å². The van der Waals surface area contributed by atoms with Crippen molar-refractivity contribution in [2.24, 2.45) is 5.92 Å². The molecule has 0 amide bonds. The zero-order valence-corrected chi connectivity index (χ0v) is 11.1. The minimum absolute atomic E-state index is 0.00000850. The summed E-state index contributed by atoms with van der Waals surface area (Å²) < 4.78 is 42.2. The third-order valence-electron chi connectivity index (χ3n) is 2.11. The van der Waals surface area contributed by atoms with Crippen molar-refractivity contribution < 1.29 is 17.9 Å². The van der Waals surface area contributed by atoms with Gasteiger partial charge in [0.05, 0.1) is 24.7 Å². The number of ether oxygens (including phenoxy) is 1. The lowest BCUT2D eigenvalue weighted by Gasteiger charge is -2.06. The first-order valence-electron chi connectivity index (χ1n) is 5.64. The van der Waals surface area contributed by atoms with Gasteiger partial charge >= 0.3 is 6.18 Å². The van der Waals surface area contributed by atoms with Crippen LogP contribution in [0.5, 0.6) is 0 Å². The van der Waals surface area contributed by atoms with E-state index < -0.39 is 12.6 Å². The number of rotatable bonds is 6. The molecule has 3 nitrogen and oxygen atoms in total. The highest BCUT2D eigenvalue weighted by atomic mass is 35.5. The topological polar surface area (TPSA) is 27.1 Å². The number of halogens is 4. The van der Waals surface area contributed by atoms with E-state index in [1.807, 2.05) is 13.8 Å². The summed E-state index contributed by atoms with van der Waals surface area (Å²) in [5, 5.41) is 4.58. The molecule has 0 saturated heterocycles. The van der Waals surface area contributed by atoms with E-state index >= 15 is 0 Å². The molecule has 0 atom stereocenters. The summed E-state index contributed by atoms with van der Waals surface area (Å²) >= 11 is 5.91. The Kier molecular flexibility index (Phi) is 5.47. The molecule has 0 fully saturated rings. The third-order valence-corrected chi connectivity index (χ3v) is 2.42. The smallest absolute Gasteiger partial charge is 0.375 e. The maximum atomic E-state index is 11.9. The van der Waals surface area contributed by atoms with E-state index in [1.165, 1.54) is 0 Å². The van der Waals surface area contributed by atoms with Crippen LogP contribution in [0.3, 0.4) is 0 Å². The van der Waals surface area contributed by atoms with Gasteiger partial charge in [-0.25, -0.2) is 0 Å². The first-order chi connectivity index (χ1) is 8.28. The van der Waals surface area contributed by atoms with E-state index in [0.717, 1.165) is 0 Å². The Hall–Kier alpha value is -0.750. The lowest BCUT2D eigenvalue weighted by atomic mass is 10.2. The summed E-state index contributed by atoms with van der Waals surface area (Å²) in [4.78, 5) is 0. The molecule has 18 heavy (non-hydrogen) atoms.